The third kappa shape index (κ3) is 3.60. The first-order chi connectivity index (χ1) is 14.2. The molecule has 2 aromatic carbocycles. The molecule has 2 atom stereocenters. The Kier molecular flexibility index (Phi) is 4.72. The zero-order chi connectivity index (χ0) is 19.8. The lowest BCUT2D eigenvalue weighted by Crippen LogP contribution is -2.50. The molecule has 2 aromatic rings. The molecular weight excluding hydrogens is 366 g/mol. The van der Waals surface area contributed by atoms with Gasteiger partial charge in [-0.05, 0) is 37.1 Å². The first-order valence-electron chi connectivity index (χ1n) is 10.4. The Labute approximate surface area is 170 Å². The van der Waals surface area contributed by atoms with Crippen molar-refractivity contribution < 1.29 is 14.3 Å². The van der Waals surface area contributed by atoms with Gasteiger partial charge < -0.3 is 19.9 Å². The average molecular weight is 391 g/mol. The van der Waals surface area contributed by atoms with E-state index in [9.17, 15) is 9.59 Å². The number of para-hydroxylation sites is 2. The summed E-state index contributed by atoms with van der Waals surface area (Å²) < 4.78 is 5.61. The van der Waals surface area contributed by atoms with Crippen molar-refractivity contribution in [2.24, 2.45) is 0 Å². The molecule has 0 aromatic heterocycles. The van der Waals surface area contributed by atoms with Crippen LogP contribution in [0.1, 0.15) is 29.6 Å². The molecule has 0 bridgehead atoms. The van der Waals surface area contributed by atoms with Gasteiger partial charge in [0.05, 0.1) is 23.0 Å². The van der Waals surface area contributed by atoms with Crippen molar-refractivity contribution in [3.8, 4) is 0 Å². The Hall–Kier alpha value is -2.86. The van der Waals surface area contributed by atoms with E-state index < -0.39 is 0 Å². The zero-order valence-corrected chi connectivity index (χ0v) is 16.3. The minimum Gasteiger partial charge on any atom is -0.457 e. The van der Waals surface area contributed by atoms with Gasteiger partial charge in [0.2, 0.25) is 5.91 Å². The standard InChI is InChI=1S/C23H25N3O3/c27-22(19-14-18(15-24-19)29-23(28)16-6-2-1-3-7-16)26-13-12-25(17-10-11-17)20-8-4-5-9-21(20)26/h1-9,17-19,24H,10-15H2. The van der Waals surface area contributed by atoms with E-state index >= 15 is 0 Å². The van der Waals surface area contributed by atoms with Gasteiger partial charge in [-0.1, -0.05) is 30.3 Å². The minimum absolute atomic E-state index is 0.0613. The number of rotatable bonds is 4. The number of nitrogens with one attached hydrogen (secondary N) is 1. The van der Waals surface area contributed by atoms with Gasteiger partial charge >= 0.3 is 5.97 Å². The number of esters is 1. The van der Waals surface area contributed by atoms with Gasteiger partial charge in [-0.3, -0.25) is 4.79 Å². The van der Waals surface area contributed by atoms with E-state index in [2.05, 4.69) is 16.3 Å². The van der Waals surface area contributed by atoms with Gasteiger partial charge in [0.15, 0.2) is 0 Å². The Morgan fingerprint density at radius 2 is 1.66 bits per heavy atom. The van der Waals surface area contributed by atoms with Crippen LogP contribution in [0.15, 0.2) is 54.6 Å². The summed E-state index contributed by atoms with van der Waals surface area (Å²) in [6.07, 6.45) is 2.68. The fraction of sp³-hybridized carbons (Fsp3) is 0.391. The van der Waals surface area contributed by atoms with Gasteiger partial charge in [-0.15, -0.1) is 0 Å². The van der Waals surface area contributed by atoms with E-state index in [4.69, 9.17) is 4.74 Å². The smallest absolute Gasteiger partial charge is 0.338 e. The highest BCUT2D eigenvalue weighted by Crippen LogP contribution is 2.40. The van der Waals surface area contributed by atoms with Crippen molar-refractivity contribution in [3.63, 3.8) is 0 Å². The van der Waals surface area contributed by atoms with Crippen LogP contribution in [0.3, 0.4) is 0 Å². The first-order valence-corrected chi connectivity index (χ1v) is 10.4. The fourth-order valence-corrected chi connectivity index (χ4v) is 4.34. The number of fused-ring (bicyclic) bond motifs is 1. The van der Waals surface area contributed by atoms with Crippen molar-refractivity contribution >= 4 is 23.3 Å². The van der Waals surface area contributed by atoms with E-state index in [0.29, 0.717) is 31.1 Å². The highest BCUT2D eigenvalue weighted by molar-refractivity contribution is 6.01. The second kappa shape index (κ2) is 7.52. The molecule has 3 aliphatic rings. The van der Waals surface area contributed by atoms with Crippen LogP contribution in [0.4, 0.5) is 11.4 Å². The lowest BCUT2D eigenvalue weighted by Gasteiger charge is -2.38. The van der Waals surface area contributed by atoms with Crippen molar-refractivity contribution in [3.05, 3.63) is 60.2 Å². The molecule has 6 nitrogen and oxygen atoms in total. The molecule has 1 aliphatic carbocycles. The fourth-order valence-electron chi connectivity index (χ4n) is 4.34. The maximum absolute atomic E-state index is 13.3. The summed E-state index contributed by atoms with van der Waals surface area (Å²) >= 11 is 0. The molecule has 1 saturated heterocycles. The normalized spacial score (nSPS) is 23.6. The Bertz CT molecular complexity index is 913. The molecule has 1 amide bonds. The van der Waals surface area contributed by atoms with E-state index in [1.807, 2.05) is 41.3 Å². The average Bonchev–Trinajstić information content (AvgIpc) is 3.51. The highest BCUT2D eigenvalue weighted by atomic mass is 16.5. The third-order valence-electron chi connectivity index (χ3n) is 5.97. The summed E-state index contributed by atoms with van der Waals surface area (Å²) in [7, 11) is 0. The zero-order valence-electron chi connectivity index (χ0n) is 16.3. The van der Waals surface area contributed by atoms with E-state index in [1.54, 1.807) is 12.1 Å². The number of hydrogen-bond donors (Lipinski definition) is 1. The van der Waals surface area contributed by atoms with Gasteiger partial charge in [-0.25, -0.2) is 4.79 Å². The summed E-state index contributed by atoms with van der Waals surface area (Å²) in [6, 6.07) is 17.4. The number of amides is 1. The SMILES string of the molecule is O=C(OC1CNC(C(=O)N2CCN(C3CC3)c3ccccc32)C1)c1ccccc1. The summed E-state index contributed by atoms with van der Waals surface area (Å²) in [5, 5.41) is 3.26. The van der Waals surface area contributed by atoms with Crippen LogP contribution in [0.5, 0.6) is 0 Å². The molecule has 0 radical (unpaired) electrons. The third-order valence-corrected chi connectivity index (χ3v) is 5.97. The molecular formula is C23H25N3O3. The van der Waals surface area contributed by atoms with Crippen molar-refractivity contribution in [1.82, 2.24) is 5.32 Å². The van der Waals surface area contributed by atoms with E-state index in [1.165, 1.54) is 12.8 Å². The summed E-state index contributed by atoms with van der Waals surface area (Å²) in [5.41, 5.74) is 2.68. The van der Waals surface area contributed by atoms with E-state index in [-0.39, 0.29) is 24.0 Å². The van der Waals surface area contributed by atoms with Crippen LogP contribution in [-0.2, 0) is 9.53 Å². The minimum atomic E-state index is -0.339. The summed E-state index contributed by atoms with van der Waals surface area (Å²) in [6.45, 7) is 2.06. The van der Waals surface area contributed by atoms with Crippen LogP contribution in [-0.4, -0.2) is 49.7 Å². The number of anilines is 2. The molecule has 1 N–H and O–H groups in total. The molecule has 1 saturated carbocycles. The van der Waals surface area contributed by atoms with Crippen molar-refractivity contribution in [2.45, 2.75) is 37.5 Å². The number of hydrogen-bond acceptors (Lipinski definition) is 5. The maximum atomic E-state index is 13.3. The van der Waals surface area contributed by atoms with Crippen LogP contribution in [0.2, 0.25) is 0 Å². The molecule has 29 heavy (non-hydrogen) atoms. The van der Waals surface area contributed by atoms with Crippen LogP contribution >= 0.6 is 0 Å². The second-order valence-electron chi connectivity index (χ2n) is 7.99. The number of ether oxygens (including phenoxy) is 1. The molecule has 2 aliphatic heterocycles. The largest absolute Gasteiger partial charge is 0.457 e. The second-order valence-corrected chi connectivity index (χ2v) is 7.99. The lowest BCUT2D eigenvalue weighted by atomic mass is 10.1. The number of carbonyl (C=O) groups excluding carboxylic acids is 2. The van der Waals surface area contributed by atoms with Crippen LogP contribution < -0.4 is 15.1 Å². The number of benzene rings is 2. The summed E-state index contributed by atoms with van der Waals surface area (Å²) in [4.78, 5) is 29.9. The predicted octanol–water partition coefficient (Wildman–Crippen LogP) is 2.59. The van der Waals surface area contributed by atoms with Crippen molar-refractivity contribution in [2.75, 3.05) is 29.4 Å². The molecule has 2 heterocycles. The van der Waals surface area contributed by atoms with Gasteiger partial charge in [0.25, 0.3) is 0 Å². The first kappa shape index (κ1) is 18.2. The number of carbonyl (C=O) groups is 2. The van der Waals surface area contributed by atoms with Gasteiger partial charge in [0.1, 0.15) is 6.10 Å². The topological polar surface area (TPSA) is 61.9 Å². The molecule has 150 valence electrons. The molecule has 2 unspecified atom stereocenters. The predicted molar refractivity (Wildman–Crippen MR) is 111 cm³/mol. The molecule has 0 spiro atoms. The highest BCUT2D eigenvalue weighted by Gasteiger charge is 2.39. The Balaban J connectivity index is 1.26. The number of nitrogens with zero attached hydrogens (tertiary/aromatic N) is 2. The molecule has 6 heteroatoms. The van der Waals surface area contributed by atoms with Crippen LogP contribution in [0, 0.1) is 0 Å². The van der Waals surface area contributed by atoms with E-state index in [0.717, 1.165) is 17.9 Å². The van der Waals surface area contributed by atoms with Gasteiger partial charge in [-0.2, -0.15) is 0 Å². The monoisotopic (exact) mass is 391 g/mol. The molecule has 2 fully saturated rings. The lowest BCUT2D eigenvalue weighted by molar-refractivity contribution is -0.120. The van der Waals surface area contributed by atoms with Crippen LogP contribution in [0.25, 0.3) is 0 Å². The Morgan fingerprint density at radius 1 is 0.931 bits per heavy atom. The Morgan fingerprint density at radius 3 is 2.41 bits per heavy atom. The maximum Gasteiger partial charge on any atom is 0.338 e. The molecule has 5 rings (SSSR count). The summed E-state index contributed by atoms with van der Waals surface area (Å²) in [5.74, 6) is -0.278. The van der Waals surface area contributed by atoms with Crippen molar-refractivity contribution in [1.29, 1.82) is 0 Å². The van der Waals surface area contributed by atoms with Gasteiger partial charge in [0, 0.05) is 32.1 Å². The quantitative estimate of drug-likeness (QED) is 0.812.